The standard InChI is InChI=1S/C31H22BN3O2/c36-32-37-25-16-9-15-24(20-25)30-33-29(23-13-5-2-6-14-23)34-31(35-30)27-19-18-21-10-7-8-17-26(21)28(27)22-11-3-1-4-12-22/h1-20,32,36H. The quantitative estimate of drug-likeness (QED) is 0.283. The fourth-order valence-corrected chi connectivity index (χ4v) is 4.52. The van der Waals surface area contributed by atoms with Crippen molar-refractivity contribution in [2.45, 2.75) is 0 Å². The van der Waals surface area contributed by atoms with Gasteiger partial charge in [0.15, 0.2) is 17.5 Å². The van der Waals surface area contributed by atoms with Crippen LogP contribution in [0, 0.1) is 0 Å². The van der Waals surface area contributed by atoms with Crippen molar-refractivity contribution in [2.24, 2.45) is 0 Å². The highest BCUT2D eigenvalue weighted by Crippen LogP contribution is 2.38. The Bertz CT molecular complexity index is 1690. The Balaban J connectivity index is 1.62. The van der Waals surface area contributed by atoms with E-state index in [-0.39, 0.29) is 0 Å². The molecule has 0 bridgehead atoms. The van der Waals surface area contributed by atoms with Gasteiger partial charge in [0.2, 0.25) is 0 Å². The van der Waals surface area contributed by atoms with Gasteiger partial charge in [-0.2, -0.15) is 0 Å². The number of fused-ring (bicyclic) bond motifs is 1. The van der Waals surface area contributed by atoms with E-state index in [1.54, 1.807) is 6.07 Å². The summed E-state index contributed by atoms with van der Waals surface area (Å²) in [6, 6.07) is 40.2. The highest BCUT2D eigenvalue weighted by Gasteiger charge is 2.18. The summed E-state index contributed by atoms with van der Waals surface area (Å²) in [5.41, 5.74) is 4.77. The maximum absolute atomic E-state index is 9.23. The third kappa shape index (κ3) is 4.58. The van der Waals surface area contributed by atoms with Gasteiger partial charge in [-0.15, -0.1) is 0 Å². The summed E-state index contributed by atoms with van der Waals surface area (Å²) >= 11 is 0. The SMILES string of the molecule is OBOc1cccc(-c2nc(-c3ccccc3)nc(-c3ccc4ccccc4c3-c3ccccc3)n2)c1. The minimum atomic E-state index is -0.404. The summed E-state index contributed by atoms with van der Waals surface area (Å²) in [5.74, 6) is 2.24. The zero-order valence-corrected chi connectivity index (χ0v) is 20.0. The summed E-state index contributed by atoms with van der Waals surface area (Å²) in [6.45, 7) is 0. The van der Waals surface area contributed by atoms with Crippen LogP contribution in [0.25, 0.3) is 56.1 Å². The second kappa shape index (κ2) is 10.1. The second-order valence-corrected chi connectivity index (χ2v) is 8.55. The highest BCUT2D eigenvalue weighted by atomic mass is 16.5. The molecule has 1 aromatic heterocycles. The van der Waals surface area contributed by atoms with E-state index < -0.39 is 7.69 Å². The predicted octanol–water partition coefficient (Wildman–Crippen LogP) is 6.33. The van der Waals surface area contributed by atoms with Gasteiger partial charge in [-0.1, -0.05) is 103 Å². The van der Waals surface area contributed by atoms with Crippen molar-refractivity contribution in [1.29, 1.82) is 0 Å². The molecule has 0 aliphatic heterocycles. The van der Waals surface area contributed by atoms with E-state index in [2.05, 4.69) is 42.5 Å². The van der Waals surface area contributed by atoms with Crippen molar-refractivity contribution in [3.8, 4) is 51.0 Å². The van der Waals surface area contributed by atoms with Crippen molar-refractivity contribution in [1.82, 2.24) is 15.0 Å². The van der Waals surface area contributed by atoms with E-state index in [9.17, 15) is 5.02 Å². The molecular formula is C31H22BN3O2. The lowest BCUT2D eigenvalue weighted by Crippen LogP contribution is -2.02. The van der Waals surface area contributed by atoms with Crippen LogP contribution in [0.3, 0.4) is 0 Å². The molecule has 6 rings (SSSR count). The minimum absolute atomic E-state index is 0.404. The molecule has 0 fully saturated rings. The zero-order valence-electron chi connectivity index (χ0n) is 20.0. The van der Waals surface area contributed by atoms with Crippen LogP contribution in [0.2, 0.25) is 0 Å². The molecule has 0 saturated carbocycles. The molecule has 6 heteroatoms. The van der Waals surface area contributed by atoms with Gasteiger partial charge in [-0.05, 0) is 34.5 Å². The topological polar surface area (TPSA) is 68.1 Å². The van der Waals surface area contributed by atoms with Crippen LogP contribution >= 0.6 is 0 Å². The van der Waals surface area contributed by atoms with Gasteiger partial charge >= 0.3 is 7.69 Å². The Morgan fingerprint density at radius 1 is 0.541 bits per heavy atom. The molecular weight excluding hydrogens is 457 g/mol. The summed E-state index contributed by atoms with van der Waals surface area (Å²) in [5, 5.41) is 11.5. The van der Waals surface area contributed by atoms with E-state index in [0.29, 0.717) is 23.2 Å². The van der Waals surface area contributed by atoms with Crippen LogP contribution in [-0.2, 0) is 0 Å². The molecule has 0 radical (unpaired) electrons. The molecule has 6 aromatic rings. The van der Waals surface area contributed by atoms with Gasteiger partial charge in [0, 0.05) is 22.3 Å². The first-order chi connectivity index (χ1) is 18.3. The molecule has 5 nitrogen and oxygen atoms in total. The predicted molar refractivity (Wildman–Crippen MR) is 149 cm³/mol. The van der Waals surface area contributed by atoms with Crippen LogP contribution < -0.4 is 4.65 Å². The number of benzene rings is 5. The van der Waals surface area contributed by atoms with Gasteiger partial charge < -0.3 is 9.68 Å². The third-order valence-corrected chi connectivity index (χ3v) is 6.22. The number of rotatable bonds is 6. The Morgan fingerprint density at radius 3 is 1.92 bits per heavy atom. The summed E-state index contributed by atoms with van der Waals surface area (Å²) < 4.78 is 5.31. The molecule has 0 aliphatic rings. The number of hydrogen-bond acceptors (Lipinski definition) is 5. The van der Waals surface area contributed by atoms with E-state index in [4.69, 9.17) is 19.6 Å². The lowest BCUT2D eigenvalue weighted by Gasteiger charge is -2.15. The average molecular weight is 479 g/mol. The lowest BCUT2D eigenvalue weighted by atomic mass is 9.93. The fraction of sp³-hybridized carbons (Fsp3) is 0. The smallest absolute Gasteiger partial charge is 0.504 e. The number of nitrogens with zero attached hydrogens (tertiary/aromatic N) is 3. The molecule has 0 aliphatic carbocycles. The summed E-state index contributed by atoms with van der Waals surface area (Å²) in [7, 11) is -0.404. The fourth-order valence-electron chi connectivity index (χ4n) is 4.52. The monoisotopic (exact) mass is 479 g/mol. The van der Waals surface area contributed by atoms with Crippen molar-refractivity contribution in [3.05, 3.63) is 121 Å². The maximum atomic E-state index is 9.23. The summed E-state index contributed by atoms with van der Waals surface area (Å²) in [4.78, 5) is 14.7. The van der Waals surface area contributed by atoms with Crippen molar-refractivity contribution in [2.75, 3.05) is 0 Å². The van der Waals surface area contributed by atoms with Gasteiger partial charge in [0.25, 0.3) is 0 Å². The molecule has 0 unspecified atom stereocenters. The average Bonchev–Trinajstić information content (AvgIpc) is 2.97. The molecule has 37 heavy (non-hydrogen) atoms. The Kier molecular flexibility index (Phi) is 6.15. The van der Waals surface area contributed by atoms with Crippen LogP contribution in [0.4, 0.5) is 0 Å². The molecule has 5 aromatic carbocycles. The first kappa shape index (κ1) is 22.6. The summed E-state index contributed by atoms with van der Waals surface area (Å²) in [6.07, 6.45) is 0. The Hall–Kier alpha value is -4.81. The first-order valence-electron chi connectivity index (χ1n) is 12.0. The van der Waals surface area contributed by atoms with Crippen molar-refractivity contribution in [3.63, 3.8) is 0 Å². The van der Waals surface area contributed by atoms with Crippen molar-refractivity contribution >= 4 is 18.5 Å². The third-order valence-electron chi connectivity index (χ3n) is 6.22. The van der Waals surface area contributed by atoms with Crippen LogP contribution in [-0.4, -0.2) is 27.7 Å². The maximum Gasteiger partial charge on any atom is 0.504 e. The van der Waals surface area contributed by atoms with Gasteiger partial charge in [0.05, 0.1) is 0 Å². The van der Waals surface area contributed by atoms with Crippen LogP contribution in [0.1, 0.15) is 0 Å². The first-order valence-corrected chi connectivity index (χ1v) is 12.0. The number of hydrogen-bond donors (Lipinski definition) is 1. The number of aromatic nitrogens is 3. The Labute approximate surface area is 215 Å². The largest absolute Gasteiger partial charge is 0.539 e. The molecule has 0 spiro atoms. The second-order valence-electron chi connectivity index (χ2n) is 8.55. The molecule has 1 N–H and O–H groups in total. The molecule has 1 heterocycles. The minimum Gasteiger partial charge on any atom is -0.539 e. The van der Waals surface area contributed by atoms with Crippen molar-refractivity contribution < 1.29 is 9.68 Å². The molecule has 0 atom stereocenters. The zero-order chi connectivity index (χ0) is 25.0. The normalized spacial score (nSPS) is 10.8. The molecule has 176 valence electrons. The molecule has 0 amide bonds. The van der Waals surface area contributed by atoms with E-state index in [0.717, 1.165) is 38.6 Å². The van der Waals surface area contributed by atoms with Crippen LogP contribution in [0.5, 0.6) is 5.75 Å². The van der Waals surface area contributed by atoms with Crippen LogP contribution in [0.15, 0.2) is 121 Å². The highest BCUT2D eigenvalue weighted by molar-refractivity contribution is 6.17. The van der Waals surface area contributed by atoms with E-state index in [1.165, 1.54) is 0 Å². The van der Waals surface area contributed by atoms with E-state index >= 15 is 0 Å². The van der Waals surface area contributed by atoms with E-state index in [1.807, 2.05) is 72.8 Å². The molecule has 0 saturated heterocycles. The van der Waals surface area contributed by atoms with Gasteiger partial charge in [-0.3, -0.25) is 0 Å². The van der Waals surface area contributed by atoms with Gasteiger partial charge in [0.1, 0.15) is 5.75 Å². The Morgan fingerprint density at radius 2 is 1.16 bits per heavy atom. The lowest BCUT2D eigenvalue weighted by molar-refractivity contribution is 0.454. The van der Waals surface area contributed by atoms with Gasteiger partial charge in [-0.25, -0.2) is 15.0 Å².